The Balaban J connectivity index is 0.925. The van der Waals surface area contributed by atoms with Crippen molar-refractivity contribution in [1.29, 1.82) is 0 Å². The van der Waals surface area contributed by atoms with Crippen LogP contribution in [-0.2, 0) is 25.5 Å². The van der Waals surface area contributed by atoms with Gasteiger partial charge in [-0.3, -0.25) is 24.1 Å². The molecule has 2 aromatic rings. The Morgan fingerprint density at radius 2 is 1.54 bits per heavy atom. The number of carbonyl (C=O) groups excluding carboxylic acids is 4. The van der Waals surface area contributed by atoms with Crippen LogP contribution in [0.2, 0.25) is 0 Å². The van der Waals surface area contributed by atoms with Gasteiger partial charge in [0.2, 0.25) is 11.8 Å². The van der Waals surface area contributed by atoms with E-state index >= 15 is 4.39 Å². The number of H-pyrrole nitrogens is 1. The number of piperidine rings is 2. The van der Waals surface area contributed by atoms with Gasteiger partial charge in [0.25, 0.3) is 11.5 Å². The first-order valence-electron chi connectivity index (χ1n) is 22.1. The van der Waals surface area contributed by atoms with Crippen LogP contribution in [0.25, 0.3) is 12.2 Å². The lowest BCUT2D eigenvalue weighted by Crippen LogP contribution is -2.55. The standard InChI is InChI=1S/C46H64FN7O7/c1-6-11-36-35(7-2)39(49-50-42(36)56)29-31-14-15-38(47)37(28-31)43(57)54-26-24-52(25-27-54)40(55)30-51-20-16-33(17-21-51)60-34-18-22-53(23-19-34)44(58)41(32-12-9-8-10-13-32)48-45(59)61-46(3,4)5/h6-7,11,14-15,28,32-34,41H,1,8-10,12-13,16-27,29-30H2,2-5H3,(H,48,59)(H,50,56)/b35-7+,36-11+. The number of likely N-dealkylation sites (tertiary alicyclic amines) is 2. The maximum atomic E-state index is 15.1. The van der Waals surface area contributed by atoms with Crippen LogP contribution in [0.3, 0.4) is 0 Å². The lowest BCUT2D eigenvalue weighted by molar-refractivity contribution is -0.140. The number of aromatic amines is 1. The van der Waals surface area contributed by atoms with Gasteiger partial charge >= 0.3 is 6.09 Å². The molecular formula is C46H64FN7O7. The molecule has 0 radical (unpaired) electrons. The molecule has 0 spiro atoms. The first-order chi connectivity index (χ1) is 29.2. The number of nitrogens with one attached hydrogen (secondary N) is 2. The quantitative estimate of drug-likeness (QED) is 0.346. The Morgan fingerprint density at radius 3 is 2.16 bits per heavy atom. The van der Waals surface area contributed by atoms with Crippen LogP contribution in [0.1, 0.15) is 107 Å². The van der Waals surface area contributed by atoms with Crippen molar-refractivity contribution in [1.82, 2.24) is 35.1 Å². The Bertz CT molecular complexity index is 2070. The number of nitrogens with zero attached hydrogens (tertiary/aromatic N) is 5. The van der Waals surface area contributed by atoms with E-state index in [0.717, 1.165) is 70.9 Å². The van der Waals surface area contributed by atoms with Crippen molar-refractivity contribution in [3.05, 3.63) is 74.3 Å². The Morgan fingerprint density at radius 1 is 0.902 bits per heavy atom. The third-order valence-corrected chi connectivity index (χ3v) is 12.4. The Hall–Kier alpha value is -4.89. The number of carbonyl (C=O) groups is 4. The molecule has 3 aliphatic heterocycles. The number of hydrogen-bond donors (Lipinski definition) is 2. The molecule has 1 aromatic carbocycles. The zero-order chi connectivity index (χ0) is 43.7. The third-order valence-electron chi connectivity index (χ3n) is 12.4. The van der Waals surface area contributed by atoms with Gasteiger partial charge in [-0.25, -0.2) is 14.3 Å². The second-order valence-corrected chi connectivity index (χ2v) is 17.8. The molecule has 1 aliphatic carbocycles. The van der Waals surface area contributed by atoms with Crippen LogP contribution in [0, 0.1) is 11.7 Å². The number of rotatable bonds is 11. The fraction of sp³-hybridized carbons (Fsp3) is 0.609. The van der Waals surface area contributed by atoms with Crippen molar-refractivity contribution >= 4 is 36.0 Å². The summed E-state index contributed by atoms with van der Waals surface area (Å²) in [5.41, 5.74) is 0.237. The highest BCUT2D eigenvalue weighted by Gasteiger charge is 2.37. The van der Waals surface area contributed by atoms with Crippen LogP contribution in [0.15, 0.2) is 35.6 Å². The molecule has 4 heterocycles. The lowest BCUT2D eigenvalue weighted by Gasteiger charge is -2.40. The minimum Gasteiger partial charge on any atom is -0.444 e. The van der Waals surface area contributed by atoms with Crippen molar-refractivity contribution in [2.24, 2.45) is 5.92 Å². The molecule has 14 nitrogen and oxygen atoms in total. The van der Waals surface area contributed by atoms with Gasteiger partial charge in [0.05, 0.1) is 30.0 Å². The maximum Gasteiger partial charge on any atom is 0.408 e. The summed E-state index contributed by atoms with van der Waals surface area (Å²) >= 11 is 0. The molecule has 6 rings (SSSR count). The van der Waals surface area contributed by atoms with Crippen LogP contribution in [-0.4, -0.2) is 136 Å². The fourth-order valence-corrected chi connectivity index (χ4v) is 9.08. The van der Waals surface area contributed by atoms with Crippen molar-refractivity contribution < 1.29 is 33.0 Å². The summed E-state index contributed by atoms with van der Waals surface area (Å²) in [6.07, 6.45) is 13.0. The fourth-order valence-electron chi connectivity index (χ4n) is 9.08. The van der Waals surface area contributed by atoms with Gasteiger partial charge in [-0.05, 0) is 95.9 Å². The first kappa shape index (κ1) is 45.6. The predicted octanol–water partition coefficient (Wildman–Crippen LogP) is 3.50. The van der Waals surface area contributed by atoms with Gasteiger partial charge < -0.3 is 29.5 Å². The minimum absolute atomic E-state index is 0.00868. The van der Waals surface area contributed by atoms with Gasteiger partial charge in [0.15, 0.2) is 0 Å². The summed E-state index contributed by atoms with van der Waals surface area (Å²) in [6.45, 7) is 15.2. The van der Waals surface area contributed by atoms with E-state index in [9.17, 15) is 24.0 Å². The number of alkyl carbamates (subject to hydrolysis) is 1. The summed E-state index contributed by atoms with van der Waals surface area (Å²) in [6, 6.07) is 3.85. The zero-order valence-electron chi connectivity index (χ0n) is 36.4. The number of amides is 4. The summed E-state index contributed by atoms with van der Waals surface area (Å²) in [5, 5.41) is 10.7. The molecule has 2 N–H and O–H groups in total. The van der Waals surface area contributed by atoms with Crippen LogP contribution in [0.5, 0.6) is 0 Å². The lowest BCUT2D eigenvalue weighted by atomic mass is 9.83. The minimum atomic E-state index is -0.645. The molecule has 3 saturated heterocycles. The second-order valence-electron chi connectivity index (χ2n) is 17.8. The van der Waals surface area contributed by atoms with E-state index in [0.29, 0.717) is 67.5 Å². The number of allylic oxidation sites excluding steroid dienone is 1. The van der Waals surface area contributed by atoms with Crippen LogP contribution in [0.4, 0.5) is 9.18 Å². The molecule has 4 aliphatic rings. The Labute approximate surface area is 358 Å². The molecule has 61 heavy (non-hydrogen) atoms. The highest BCUT2D eigenvalue weighted by atomic mass is 19.1. The van der Waals surface area contributed by atoms with Gasteiger partial charge in [-0.2, -0.15) is 5.10 Å². The normalized spacial score (nSPS) is 20.1. The largest absolute Gasteiger partial charge is 0.444 e. The molecule has 4 fully saturated rings. The molecule has 1 unspecified atom stereocenters. The molecule has 1 aromatic heterocycles. The molecule has 332 valence electrons. The number of piperazine rings is 1. The van der Waals surface area contributed by atoms with E-state index in [2.05, 4.69) is 27.0 Å². The van der Waals surface area contributed by atoms with Crippen molar-refractivity contribution in [3.8, 4) is 0 Å². The summed E-state index contributed by atoms with van der Waals surface area (Å²) in [5.74, 6) is -0.957. The van der Waals surface area contributed by atoms with Crippen molar-refractivity contribution in [3.63, 3.8) is 0 Å². The topological polar surface area (TPSA) is 157 Å². The molecule has 1 saturated carbocycles. The highest BCUT2D eigenvalue weighted by Crippen LogP contribution is 2.29. The number of ether oxygens (including phenoxy) is 2. The zero-order valence-corrected chi connectivity index (χ0v) is 36.4. The van der Waals surface area contributed by atoms with Gasteiger partial charge in [0.1, 0.15) is 17.5 Å². The number of aromatic nitrogens is 2. The summed E-state index contributed by atoms with van der Waals surface area (Å²) in [4.78, 5) is 73.2. The third kappa shape index (κ3) is 12.2. The number of hydrogen-bond acceptors (Lipinski definition) is 9. The molecule has 1 atom stereocenters. The smallest absolute Gasteiger partial charge is 0.408 e. The van der Waals surface area contributed by atoms with Crippen LogP contribution >= 0.6 is 0 Å². The van der Waals surface area contributed by atoms with Gasteiger partial charge in [-0.15, -0.1) is 0 Å². The average molecular weight is 846 g/mol. The molecule has 4 amide bonds. The Kier molecular flexibility index (Phi) is 15.5. The predicted molar refractivity (Wildman–Crippen MR) is 230 cm³/mol. The SMILES string of the molecule is C=C/C=c1/c(=O)[nH]nc(Cc2ccc(F)c(C(=O)N3CCN(C(=O)CN4CCC(OC5CCN(C(=O)C(NC(=O)OC(C)(C)C)C6CCCCC6)CC5)CC4)CC3)c2)/c1=C/C. The van der Waals surface area contributed by atoms with E-state index in [4.69, 9.17) is 9.47 Å². The monoisotopic (exact) mass is 845 g/mol. The van der Waals surface area contributed by atoms with E-state index in [-0.39, 0.29) is 47.5 Å². The van der Waals surface area contributed by atoms with E-state index in [1.807, 2.05) is 32.6 Å². The highest BCUT2D eigenvalue weighted by molar-refractivity contribution is 5.95. The molecule has 0 bridgehead atoms. The molecular weight excluding hydrogens is 782 g/mol. The van der Waals surface area contributed by atoms with Gasteiger partial charge in [-0.1, -0.05) is 44.1 Å². The average Bonchev–Trinajstić information content (AvgIpc) is 3.25. The van der Waals surface area contributed by atoms with Crippen LogP contribution < -0.4 is 21.3 Å². The first-order valence-corrected chi connectivity index (χ1v) is 22.1. The van der Waals surface area contributed by atoms with Gasteiger partial charge in [0, 0.05) is 69.2 Å². The van der Waals surface area contributed by atoms with Crippen molar-refractivity contribution in [2.75, 3.05) is 58.9 Å². The van der Waals surface area contributed by atoms with Crippen molar-refractivity contribution in [2.45, 2.75) is 116 Å². The maximum absolute atomic E-state index is 15.1. The second kappa shape index (κ2) is 20.8. The molecule has 15 heteroatoms. The summed E-state index contributed by atoms with van der Waals surface area (Å²) < 4.78 is 27.1. The summed E-state index contributed by atoms with van der Waals surface area (Å²) in [7, 11) is 0. The van der Waals surface area contributed by atoms with E-state index in [1.54, 1.807) is 28.0 Å². The number of benzene rings is 1. The van der Waals surface area contributed by atoms with E-state index in [1.165, 1.54) is 18.2 Å². The van der Waals surface area contributed by atoms with E-state index < -0.39 is 29.5 Å². The number of halogens is 1.